The molecule has 86 valence electrons. The minimum Gasteiger partial charge on any atom is -0.361 e. The summed E-state index contributed by atoms with van der Waals surface area (Å²) in [5, 5.41) is 7.85. The summed E-state index contributed by atoms with van der Waals surface area (Å²) in [6.45, 7) is 5.72. The first kappa shape index (κ1) is 11.2. The maximum atomic E-state index is 5.09. The molecule has 0 aliphatic carbocycles. The number of aromatic nitrogens is 3. The summed E-state index contributed by atoms with van der Waals surface area (Å²) < 4.78 is 10.1. The van der Waals surface area contributed by atoms with Crippen LogP contribution in [0.5, 0.6) is 0 Å². The van der Waals surface area contributed by atoms with Gasteiger partial charge in [-0.2, -0.15) is 4.98 Å². The molecule has 0 N–H and O–H groups in total. The van der Waals surface area contributed by atoms with Crippen LogP contribution < -0.4 is 0 Å². The molecule has 2 heterocycles. The zero-order chi connectivity index (χ0) is 11.5. The third kappa shape index (κ3) is 2.63. The van der Waals surface area contributed by atoms with Gasteiger partial charge in [0.1, 0.15) is 5.76 Å². The molecular weight excluding hydrogens is 226 g/mol. The summed E-state index contributed by atoms with van der Waals surface area (Å²) in [5.41, 5.74) is 0.936. The van der Waals surface area contributed by atoms with E-state index in [9.17, 15) is 0 Å². The fourth-order valence-corrected chi connectivity index (χ4v) is 2.04. The SMILES string of the molecule is Cc1noc([C@H](C)SCc2cc(C)on2)n1. The smallest absolute Gasteiger partial charge is 0.239 e. The zero-order valence-electron chi connectivity index (χ0n) is 9.43. The second-order valence-electron chi connectivity index (χ2n) is 3.56. The highest BCUT2D eigenvalue weighted by Crippen LogP contribution is 2.29. The van der Waals surface area contributed by atoms with Gasteiger partial charge in [-0.15, -0.1) is 11.8 Å². The van der Waals surface area contributed by atoms with Gasteiger partial charge < -0.3 is 9.05 Å². The lowest BCUT2D eigenvalue weighted by atomic mass is 10.4. The Morgan fingerprint density at radius 3 is 2.69 bits per heavy atom. The highest BCUT2D eigenvalue weighted by Gasteiger charge is 2.14. The predicted molar refractivity (Wildman–Crippen MR) is 60.0 cm³/mol. The molecule has 0 saturated heterocycles. The van der Waals surface area contributed by atoms with Crippen molar-refractivity contribution in [2.75, 3.05) is 0 Å². The Balaban J connectivity index is 1.91. The van der Waals surface area contributed by atoms with E-state index in [-0.39, 0.29) is 5.25 Å². The normalized spacial score (nSPS) is 12.9. The average molecular weight is 239 g/mol. The molecule has 0 aromatic carbocycles. The van der Waals surface area contributed by atoms with E-state index in [1.807, 2.05) is 26.8 Å². The van der Waals surface area contributed by atoms with Crippen molar-refractivity contribution in [1.29, 1.82) is 0 Å². The number of hydrogen-bond acceptors (Lipinski definition) is 6. The molecule has 2 rings (SSSR count). The molecular formula is C10H13N3O2S. The highest BCUT2D eigenvalue weighted by molar-refractivity contribution is 7.98. The topological polar surface area (TPSA) is 65.0 Å². The molecule has 0 aliphatic heterocycles. The Bertz CT molecular complexity index is 466. The van der Waals surface area contributed by atoms with Gasteiger partial charge in [0.2, 0.25) is 5.89 Å². The first-order valence-corrected chi connectivity index (χ1v) is 6.04. The second-order valence-corrected chi connectivity index (χ2v) is 4.89. The van der Waals surface area contributed by atoms with Gasteiger partial charge in [-0.3, -0.25) is 0 Å². The van der Waals surface area contributed by atoms with E-state index >= 15 is 0 Å². The molecule has 0 unspecified atom stereocenters. The Hall–Kier alpha value is -1.30. The number of hydrogen-bond donors (Lipinski definition) is 0. The summed E-state index contributed by atoms with van der Waals surface area (Å²) in [7, 11) is 0. The fraction of sp³-hybridized carbons (Fsp3) is 0.500. The van der Waals surface area contributed by atoms with Gasteiger partial charge in [0.25, 0.3) is 0 Å². The van der Waals surface area contributed by atoms with Crippen LogP contribution in [-0.2, 0) is 5.75 Å². The lowest BCUT2D eigenvalue weighted by Crippen LogP contribution is -1.90. The van der Waals surface area contributed by atoms with Gasteiger partial charge in [-0.1, -0.05) is 10.3 Å². The minimum absolute atomic E-state index is 0.165. The predicted octanol–water partition coefficient (Wildman–Crippen LogP) is 2.67. The summed E-state index contributed by atoms with van der Waals surface area (Å²) in [5.74, 6) is 2.93. The Morgan fingerprint density at radius 2 is 2.12 bits per heavy atom. The first-order valence-electron chi connectivity index (χ1n) is 4.99. The third-order valence-corrected chi connectivity index (χ3v) is 3.21. The van der Waals surface area contributed by atoms with Crippen molar-refractivity contribution in [2.24, 2.45) is 0 Å². The molecule has 0 bridgehead atoms. The number of nitrogens with zero attached hydrogens (tertiary/aromatic N) is 3. The van der Waals surface area contributed by atoms with Crippen molar-refractivity contribution in [1.82, 2.24) is 15.3 Å². The van der Waals surface area contributed by atoms with Crippen LogP contribution in [0.25, 0.3) is 0 Å². The monoisotopic (exact) mass is 239 g/mol. The van der Waals surface area contributed by atoms with Crippen LogP contribution in [0.4, 0.5) is 0 Å². The minimum atomic E-state index is 0.165. The van der Waals surface area contributed by atoms with Crippen LogP contribution in [-0.4, -0.2) is 15.3 Å². The Labute approximate surface area is 97.6 Å². The van der Waals surface area contributed by atoms with E-state index in [1.165, 1.54) is 0 Å². The molecule has 0 saturated carbocycles. The Morgan fingerprint density at radius 1 is 1.31 bits per heavy atom. The molecule has 6 heteroatoms. The maximum absolute atomic E-state index is 5.09. The van der Waals surface area contributed by atoms with Crippen molar-refractivity contribution < 1.29 is 9.05 Å². The molecule has 0 aliphatic rings. The van der Waals surface area contributed by atoms with E-state index in [2.05, 4.69) is 15.3 Å². The van der Waals surface area contributed by atoms with Crippen molar-refractivity contribution in [2.45, 2.75) is 31.8 Å². The molecule has 0 spiro atoms. The van der Waals surface area contributed by atoms with E-state index < -0.39 is 0 Å². The summed E-state index contributed by atoms with van der Waals surface area (Å²) in [6, 6.07) is 1.93. The lowest BCUT2D eigenvalue weighted by molar-refractivity contribution is 0.376. The van der Waals surface area contributed by atoms with Crippen molar-refractivity contribution in [3.8, 4) is 0 Å². The van der Waals surface area contributed by atoms with Crippen LogP contribution in [0.1, 0.15) is 35.3 Å². The Kier molecular flexibility index (Phi) is 3.28. The zero-order valence-corrected chi connectivity index (χ0v) is 10.2. The molecule has 2 aromatic heterocycles. The maximum Gasteiger partial charge on any atom is 0.239 e. The molecule has 0 fully saturated rings. The van der Waals surface area contributed by atoms with Crippen LogP contribution in [0.3, 0.4) is 0 Å². The molecule has 16 heavy (non-hydrogen) atoms. The van der Waals surface area contributed by atoms with Gasteiger partial charge >= 0.3 is 0 Å². The van der Waals surface area contributed by atoms with E-state index in [0.29, 0.717) is 11.7 Å². The van der Waals surface area contributed by atoms with Crippen molar-refractivity contribution >= 4 is 11.8 Å². The number of thioether (sulfide) groups is 1. The van der Waals surface area contributed by atoms with Crippen molar-refractivity contribution in [3.63, 3.8) is 0 Å². The first-order chi connectivity index (χ1) is 7.65. The van der Waals surface area contributed by atoms with Gasteiger partial charge in [-0.05, 0) is 20.8 Å². The molecule has 1 atom stereocenters. The van der Waals surface area contributed by atoms with Crippen LogP contribution >= 0.6 is 11.8 Å². The van der Waals surface area contributed by atoms with Gasteiger partial charge in [-0.25, -0.2) is 0 Å². The van der Waals surface area contributed by atoms with Crippen LogP contribution in [0.15, 0.2) is 15.1 Å². The molecule has 5 nitrogen and oxygen atoms in total. The summed E-state index contributed by atoms with van der Waals surface area (Å²) >= 11 is 1.69. The van der Waals surface area contributed by atoms with Crippen LogP contribution in [0, 0.1) is 13.8 Å². The van der Waals surface area contributed by atoms with E-state index in [0.717, 1.165) is 17.2 Å². The standard InChI is InChI=1S/C10H13N3O2S/c1-6-4-9(13-14-6)5-16-7(2)10-11-8(3)12-15-10/h4,7H,5H2,1-3H3/t7-/m0/s1. The van der Waals surface area contributed by atoms with Crippen LogP contribution in [0.2, 0.25) is 0 Å². The van der Waals surface area contributed by atoms with Gasteiger partial charge in [0.05, 0.1) is 10.9 Å². The quantitative estimate of drug-likeness (QED) is 0.817. The number of rotatable bonds is 4. The van der Waals surface area contributed by atoms with Crippen molar-refractivity contribution in [3.05, 3.63) is 29.2 Å². The third-order valence-electron chi connectivity index (χ3n) is 2.05. The summed E-state index contributed by atoms with van der Waals surface area (Å²) in [4.78, 5) is 4.19. The fourth-order valence-electron chi connectivity index (χ4n) is 1.25. The second kappa shape index (κ2) is 4.69. The van der Waals surface area contributed by atoms with E-state index in [1.54, 1.807) is 11.8 Å². The van der Waals surface area contributed by atoms with Gasteiger partial charge in [0, 0.05) is 11.8 Å². The van der Waals surface area contributed by atoms with E-state index in [4.69, 9.17) is 9.05 Å². The average Bonchev–Trinajstić information content (AvgIpc) is 2.84. The number of aryl methyl sites for hydroxylation is 2. The summed E-state index contributed by atoms with van der Waals surface area (Å²) in [6.07, 6.45) is 0. The molecule has 2 aromatic rings. The molecule has 0 radical (unpaired) electrons. The van der Waals surface area contributed by atoms with Gasteiger partial charge in [0.15, 0.2) is 5.82 Å². The molecule has 0 amide bonds. The highest BCUT2D eigenvalue weighted by atomic mass is 32.2. The largest absolute Gasteiger partial charge is 0.361 e. The lowest BCUT2D eigenvalue weighted by Gasteiger charge is -2.03.